The molecule has 0 saturated carbocycles. The quantitative estimate of drug-likeness (QED) is 0.766. The van der Waals surface area contributed by atoms with Crippen molar-refractivity contribution in [1.29, 1.82) is 0 Å². The van der Waals surface area contributed by atoms with E-state index < -0.39 is 18.0 Å². The topological polar surface area (TPSA) is 75.6 Å². The number of fused-ring (bicyclic) bond motifs is 3. The van der Waals surface area contributed by atoms with Gasteiger partial charge >= 0.3 is 12.1 Å². The van der Waals surface area contributed by atoms with Gasteiger partial charge in [0.2, 0.25) is 0 Å². The maximum Gasteiger partial charge on any atom is 0.407 e. The van der Waals surface area contributed by atoms with Crippen LogP contribution >= 0.6 is 0 Å². The van der Waals surface area contributed by atoms with Crippen LogP contribution in [0.1, 0.15) is 37.3 Å². The number of carbonyl (C=O) groups excluding carboxylic acids is 1. The first-order valence-corrected chi connectivity index (χ1v) is 9.29. The molecule has 0 saturated heterocycles. The van der Waals surface area contributed by atoms with Crippen LogP contribution in [0.4, 0.5) is 4.79 Å². The number of nitrogens with one attached hydrogen (secondary N) is 1. The van der Waals surface area contributed by atoms with Crippen molar-refractivity contribution in [3.8, 4) is 11.1 Å². The molecule has 2 aromatic rings. The summed E-state index contributed by atoms with van der Waals surface area (Å²) >= 11 is 0. The molecule has 0 unspecified atom stereocenters. The zero-order chi connectivity index (χ0) is 19.4. The highest BCUT2D eigenvalue weighted by atomic mass is 16.5. The third-order valence-electron chi connectivity index (χ3n) is 4.94. The van der Waals surface area contributed by atoms with Gasteiger partial charge in [-0.2, -0.15) is 0 Å². The van der Waals surface area contributed by atoms with E-state index in [9.17, 15) is 14.7 Å². The minimum absolute atomic E-state index is 0.00548. The number of benzene rings is 2. The zero-order valence-electron chi connectivity index (χ0n) is 15.6. The summed E-state index contributed by atoms with van der Waals surface area (Å²) in [6.45, 7) is 4.22. The number of carboxylic acid groups (broad SMARTS) is 1. The molecule has 0 fully saturated rings. The number of carbonyl (C=O) groups is 2. The Kier molecular flexibility index (Phi) is 5.79. The van der Waals surface area contributed by atoms with Gasteiger partial charge in [-0.05, 0) is 34.6 Å². The van der Waals surface area contributed by atoms with Crippen LogP contribution in [-0.2, 0) is 9.53 Å². The summed E-state index contributed by atoms with van der Waals surface area (Å²) in [6, 6.07) is 16.3. The van der Waals surface area contributed by atoms with E-state index in [-0.39, 0.29) is 25.0 Å². The molecule has 142 valence electrons. The van der Waals surface area contributed by atoms with Crippen LogP contribution in [0.2, 0.25) is 0 Å². The van der Waals surface area contributed by atoms with Crippen molar-refractivity contribution < 1.29 is 19.4 Å². The molecule has 1 atom stereocenters. The first-order valence-electron chi connectivity index (χ1n) is 9.29. The fourth-order valence-electron chi connectivity index (χ4n) is 3.70. The predicted molar refractivity (Wildman–Crippen MR) is 104 cm³/mol. The van der Waals surface area contributed by atoms with Gasteiger partial charge < -0.3 is 15.2 Å². The lowest BCUT2D eigenvalue weighted by atomic mass is 9.97. The van der Waals surface area contributed by atoms with Gasteiger partial charge in [0.05, 0.1) is 5.92 Å². The van der Waals surface area contributed by atoms with Crippen LogP contribution in [-0.4, -0.2) is 30.3 Å². The third kappa shape index (κ3) is 4.30. The highest BCUT2D eigenvalue weighted by Crippen LogP contribution is 2.44. The van der Waals surface area contributed by atoms with Gasteiger partial charge in [0.25, 0.3) is 0 Å². The molecule has 0 heterocycles. The first-order chi connectivity index (χ1) is 13.0. The Hall–Kier alpha value is -2.82. The van der Waals surface area contributed by atoms with Gasteiger partial charge in [0, 0.05) is 12.5 Å². The number of aliphatic carboxylic acids is 1. The van der Waals surface area contributed by atoms with Crippen LogP contribution in [0.15, 0.2) is 48.5 Å². The van der Waals surface area contributed by atoms with Gasteiger partial charge in [-0.25, -0.2) is 4.79 Å². The van der Waals surface area contributed by atoms with E-state index in [1.807, 2.05) is 38.1 Å². The van der Waals surface area contributed by atoms with Crippen LogP contribution in [0.25, 0.3) is 11.1 Å². The van der Waals surface area contributed by atoms with Gasteiger partial charge in [-0.1, -0.05) is 62.4 Å². The second-order valence-corrected chi connectivity index (χ2v) is 7.37. The first kappa shape index (κ1) is 19.0. The van der Waals surface area contributed by atoms with E-state index in [1.54, 1.807) is 0 Å². The molecule has 1 aliphatic rings. The summed E-state index contributed by atoms with van der Waals surface area (Å²) < 4.78 is 5.43. The van der Waals surface area contributed by atoms with Crippen LogP contribution in [0, 0.1) is 11.8 Å². The number of carboxylic acids is 1. The van der Waals surface area contributed by atoms with Gasteiger partial charge in [0.1, 0.15) is 6.61 Å². The lowest BCUT2D eigenvalue weighted by molar-refractivity contribution is -0.142. The van der Waals surface area contributed by atoms with Gasteiger partial charge in [0.15, 0.2) is 0 Å². The molecule has 0 radical (unpaired) electrons. The average Bonchev–Trinajstić information content (AvgIpc) is 2.97. The number of hydrogen-bond acceptors (Lipinski definition) is 3. The van der Waals surface area contributed by atoms with Gasteiger partial charge in [-0.3, -0.25) is 4.79 Å². The molecule has 2 aromatic carbocycles. The predicted octanol–water partition coefficient (Wildman–Crippen LogP) is 4.27. The SMILES string of the molecule is CC(C)C[C@H](CNC(=O)OCC1c2ccccc2-c2ccccc21)C(=O)O. The summed E-state index contributed by atoms with van der Waals surface area (Å²) in [7, 11) is 0. The molecule has 2 N–H and O–H groups in total. The normalized spacial score (nSPS) is 13.7. The minimum Gasteiger partial charge on any atom is -0.481 e. The van der Waals surface area contributed by atoms with E-state index in [0.29, 0.717) is 6.42 Å². The number of alkyl carbamates (subject to hydrolysis) is 1. The molecule has 5 nitrogen and oxygen atoms in total. The average molecular weight is 367 g/mol. The molecule has 0 spiro atoms. The fourth-order valence-corrected chi connectivity index (χ4v) is 3.70. The smallest absolute Gasteiger partial charge is 0.407 e. The largest absolute Gasteiger partial charge is 0.481 e. The molecular formula is C22H25NO4. The summed E-state index contributed by atoms with van der Waals surface area (Å²) in [5, 5.41) is 11.9. The lowest BCUT2D eigenvalue weighted by Gasteiger charge is -2.17. The van der Waals surface area contributed by atoms with E-state index in [4.69, 9.17) is 4.74 Å². The Morgan fingerprint density at radius 3 is 2.11 bits per heavy atom. The second-order valence-electron chi connectivity index (χ2n) is 7.37. The molecule has 3 rings (SSSR count). The molecule has 0 aliphatic heterocycles. The molecule has 27 heavy (non-hydrogen) atoms. The number of ether oxygens (including phenoxy) is 1. The van der Waals surface area contributed by atoms with Crippen molar-refractivity contribution in [3.05, 3.63) is 59.7 Å². The number of amides is 1. The van der Waals surface area contributed by atoms with Crippen LogP contribution < -0.4 is 5.32 Å². The summed E-state index contributed by atoms with van der Waals surface area (Å²) in [6.07, 6.45) is -0.0641. The van der Waals surface area contributed by atoms with Crippen molar-refractivity contribution >= 4 is 12.1 Å². The molecular weight excluding hydrogens is 342 g/mol. The van der Waals surface area contributed by atoms with Gasteiger partial charge in [-0.15, -0.1) is 0 Å². The maximum atomic E-state index is 12.1. The highest BCUT2D eigenvalue weighted by molar-refractivity contribution is 5.79. The fraction of sp³-hybridized carbons (Fsp3) is 0.364. The summed E-state index contributed by atoms with van der Waals surface area (Å²) in [5.41, 5.74) is 4.64. The Balaban J connectivity index is 1.62. The highest BCUT2D eigenvalue weighted by Gasteiger charge is 2.29. The molecule has 0 aromatic heterocycles. The number of rotatable bonds is 7. The second kappa shape index (κ2) is 8.25. The van der Waals surface area contributed by atoms with Crippen molar-refractivity contribution in [2.75, 3.05) is 13.2 Å². The van der Waals surface area contributed by atoms with Crippen molar-refractivity contribution in [3.63, 3.8) is 0 Å². The Morgan fingerprint density at radius 1 is 1.04 bits per heavy atom. The van der Waals surface area contributed by atoms with E-state index in [1.165, 1.54) is 11.1 Å². The Labute approximate surface area is 159 Å². The lowest BCUT2D eigenvalue weighted by Crippen LogP contribution is -2.34. The third-order valence-corrected chi connectivity index (χ3v) is 4.94. The van der Waals surface area contributed by atoms with E-state index in [0.717, 1.165) is 11.1 Å². The standard InChI is InChI=1S/C22H25NO4/c1-14(2)11-15(21(24)25)12-23-22(26)27-13-20-18-9-5-3-7-16(18)17-8-4-6-10-19(17)20/h3-10,14-15,20H,11-13H2,1-2H3,(H,23,26)(H,24,25)/t15-/m1/s1. The van der Waals surface area contributed by atoms with Crippen molar-refractivity contribution in [2.24, 2.45) is 11.8 Å². The maximum absolute atomic E-state index is 12.1. The Bertz CT molecular complexity index is 785. The zero-order valence-corrected chi connectivity index (χ0v) is 15.6. The molecule has 1 aliphatic carbocycles. The van der Waals surface area contributed by atoms with Crippen LogP contribution in [0.3, 0.4) is 0 Å². The molecule has 5 heteroatoms. The van der Waals surface area contributed by atoms with Crippen molar-refractivity contribution in [1.82, 2.24) is 5.32 Å². The minimum atomic E-state index is -0.900. The summed E-state index contributed by atoms with van der Waals surface area (Å²) in [4.78, 5) is 23.4. The summed E-state index contributed by atoms with van der Waals surface area (Å²) in [5.74, 6) is -1.27. The van der Waals surface area contributed by atoms with Crippen molar-refractivity contribution in [2.45, 2.75) is 26.2 Å². The monoisotopic (exact) mass is 367 g/mol. The molecule has 1 amide bonds. The van der Waals surface area contributed by atoms with E-state index in [2.05, 4.69) is 29.6 Å². The van der Waals surface area contributed by atoms with E-state index >= 15 is 0 Å². The molecule has 0 bridgehead atoms. The van der Waals surface area contributed by atoms with Crippen LogP contribution in [0.5, 0.6) is 0 Å². The number of hydrogen-bond donors (Lipinski definition) is 2. The Morgan fingerprint density at radius 2 is 1.59 bits per heavy atom.